The highest BCUT2D eigenvalue weighted by molar-refractivity contribution is 5.92. The summed E-state index contributed by atoms with van der Waals surface area (Å²) in [6.45, 7) is 9.50. The summed E-state index contributed by atoms with van der Waals surface area (Å²) in [5, 5.41) is 19.3. The largest absolute Gasteiger partial charge is 0.388 e. The van der Waals surface area contributed by atoms with Crippen LogP contribution in [0.5, 0.6) is 0 Å². The number of nitrogens with zero attached hydrogens (tertiary/aromatic N) is 6. The Labute approximate surface area is 184 Å². The van der Waals surface area contributed by atoms with Crippen molar-refractivity contribution in [2.75, 3.05) is 45.8 Å². The SMILES string of the molecule is CCCN1CCN(C(=O)c2cn(CC3(O)CCN(Cc4ccccc4)CC3)nn2)CC1. The van der Waals surface area contributed by atoms with Crippen molar-refractivity contribution in [3.8, 4) is 0 Å². The molecule has 1 aromatic heterocycles. The second kappa shape index (κ2) is 9.89. The summed E-state index contributed by atoms with van der Waals surface area (Å²) in [5.41, 5.74) is 0.851. The smallest absolute Gasteiger partial charge is 0.276 e. The van der Waals surface area contributed by atoms with Gasteiger partial charge in [0.2, 0.25) is 0 Å². The molecule has 0 spiro atoms. The van der Waals surface area contributed by atoms with Gasteiger partial charge in [-0.2, -0.15) is 0 Å². The number of benzene rings is 1. The lowest BCUT2D eigenvalue weighted by Crippen LogP contribution is -2.48. The number of piperidine rings is 1. The van der Waals surface area contributed by atoms with Crippen molar-refractivity contribution < 1.29 is 9.90 Å². The zero-order valence-electron chi connectivity index (χ0n) is 18.5. The summed E-state index contributed by atoms with van der Waals surface area (Å²) in [7, 11) is 0. The number of hydrogen-bond acceptors (Lipinski definition) is 6. The van der Waals surface area contributed by atoms with Gasteiger partial charge in [0.1, 0.15) is 0 Å². The van der Waals surface area contributed by atoms with Crippen LogP contribution < -0.4 is 0 Å². The topological polar surface area (TPSA) is 77.7 Å². The second-order valence-electron chi connectivity index (χ2n) is 8.92. The molecule has 8 nitrogen and oxygen atoms in total. The van der Waals surface area contributed by atoms with Crippen LogP contribution in [0.3, 0.4) is 0 Å². The van der Waals surface area contributed by atoms with E-state index in [1.807, 2.05) is 11.0 Å². The van der Waals surface area contributed by atoms with Crippen molar-refractivity contribution >= 4 is 5.91 Å². The molecule has 168 valence electrons. The molecule has 2 aliphatic rings. The third kappa shape index (κ3) is 5.70. The third-order valence-corrected chi connectivity index (χ3v) is 6.45. The van der Waals surface area contributed by atoms with Gasteiger partial charge >= 0.3 is 0 Å². The molecule has 1 aromatic carbocycles. The van der Waals surface area contributed by atoms with E-state index in [1.54, 1.807) is 10.9 Å². The molecule has 1 amide bonds. The van der Waals surface area contributed by atoms with Crippen LogP contribution in [0.15, 0.2) is 36.5 Å². The molecule has 0 saturated carbocycles. The van der Waals surface area contributed by atoms with Crippen LogP contribution in [0.4, 0.5) is 0 Å². The average Bonchev–Trinajstić information content (AvgIpc) is 3.24. The Morgan fingerprint density at radius 2 is 1.74 bits per heavy atom. The van der Waals surface area contributed by atoms with Gasteiger partial charge in [-0.15, -0.1) is 5.10 Å². The predicted molar refractivity (Wildman–Crippen MR) is 119 cm³/mol. The van der Waals surface area contributed by atoms with Crippen LogP contribution in [0, 0.1) is 0 Å². The first kappa shape index (κ1) is 21.9. The van der Waals surface area contributed by atoms with Crippen LogP contribution in [0.1, 0.15) is 42.2 Å². The summed E-state index contributed by atoms with van der Waals surface area (Å²) >= 11 is 0. The molecule has 4 rings (SSSR count). The minimum Gasteiger partial charge on any atom is -0.388 e. The van der Waals surface area contributed by atoms with Crippen LogP contribution in [-0.4, -0.2) is 92.1 Å². The van der Waals surface area contributed by atoms with Gasteiger partial charge in [0.15, 0.2) is 5.69 Å². The summed E-state index contributed by atoms with van der Waals surface area (Å²) in [5.74, 6) is -0.0629. The minimum atomic E-state index is -0.813. The lowest BCUT2D eigenvalue weighted by molar-refractivity contribution is -0.0383. The van der Waals surface area contributed by atoms with Crippen molar-refractivity contribution in [1.29, 1.82) is 0 Å². The average molecular weight is 427 g/mol. The Bertz CT molecular complexity index is 839. The van der Waals surface area contributed by atoms with Crippen molar-refractivity contribution in [1.82, 2.24) is 29.7 Å². The third-order valence-electron chi connectivity index (χ3n) is 6.45. The van der Waals surface area contributed by atoms with Gasteiger partial charge < -0.3 is 10.0 Å². The molecular weight excluding hydrogens is 392 g/mol. The summed E-state index contributed by atoms with van der Waals surface area (Å²) in [4.78, 5) is 19.4. The molecule has 31 heavy (non-hydrogen) atoms. The molecule has 2 fully saturated rings. The van der Waals surface area contributed by atoms with Crippen LogP contribution in [0.25, 0.3) is 0 Å². The standard InChI is InChI=1S/C23H34N6O2/c1-2-10-26-13-15-28(16-14-26)22(30)21-18-29(25-24-21)19-23(31)8-11-27(12-9-23)17-20-6-4-3-5-7-20/h3-7,18,31H,2,8-17,19H2,1H3. The van der Waals surface area contributed by atoms with Gasteiger partial charge in [-0.25, -0.2) is 4.68 Å². The molecule has 0 unspecified atom stereocenters. The maximum absolute atomic E-state index is 12.8. The minimum absolute atomic E-state index is 0.0629. The molecule has 0 aliphatic carbocycles. The number of amides is 1. The Balaban J connectivity index is 1.27. The van der Waals surface area contributed by atoms with Crippen LogP contribution >= 0.6 is 0 Å². The number of piperazine rings is 1. The molecule has 0 radical (unpaired) electrons. The van der Waals surface area contributed by atoms with Gasteiger partial charge in [-0.3, -0.25) is 14.6 Å². The van der Waals surface area contributed by atoms with E-state index in [9.17, 15) is 9.90 Å². The number of rotatable bonds is 7. The molecule has 2 saturated heterocycles. The number of likely N-dealkylation sites (tertiary alicyclic amines) is 1. The van der Waals surface area contributed by atoms with Gasteiger partial charge in [-0.1, -0.05) is 42.5 Å². The van der Waals surface area contributed by atoms with E-state index in [0.717, 1.165) is 58.8 Å². The fourth-order valence-electron chi connectivity index (χ4n) is 4.56. The molecule has 1 N–H and O–H groups in total. The fraction of sp³-hybridized carbons (Fsp3) is 0.609. The number of carbonyl (C=O) groups is 1. The molecule has 8 heteroatoms. The molecular formula is C23H34N6O2. The van der Waals surface area contributed by atoms with Crippen LogP contribution in [-0.2, 0) is 13.1 Å². The Morgan fingerprint density at radius 1 is 1.03 bits per heavy atom. The maximum Gasteiger partial charge on any atom is 0.276 e. The highest BCUT2D eigenvalue weighted by Gasteiger charge is 2.33. The molecule has 2 aliphatic heterocycles. The molecule has 3 heterocycles. The van der Waals surface area contributed by atoms with E-state index in [2.05, 4.69) is 51.3 Å². The van der Waals surface area contributed by atoms with Gasteiger partial charge in [0.05, 0.1) is 18.3 Å². The molecule has 2 aromatic rings. The Morgan fingerprint density at radius 3 is 2.42 bits per heavy atom. The van der Waals surface area contributed by atoms with Crippen LogP contribution in [0.2, 0.25) is 0 Å². The lowest BCUT2D eigenvalue weighted by Gasteiger charge is -2.38. The second-order valence-corrected chi connectivity index (χ2v) is 8.92. The monoisotopic (exact) mass is 426 g/mol. The van der Waals surface area contributed by atoms with E-state index in [-0.39, 0.29) is 5.91 Å². The van der Waals surface area contributed by atoms with Gasteiger partial charge in [0.25, 0.3) is 5.91 Å². The normalized spacial score (nSPS) is 20.1. The van der Waals surface area contributed by atoms with Gasteiger partial charge in [-0.05, 0) is 31.4 Å². The van der Waals surface area contributed by atoms with Crippen molar-refractivity contribution in [2.45, 2.75) is 44.9 Å². The number of aliphatic hydroxyl groups is 1. The predicted octanol–water partition coefficient (Wildman–Crippen LogP) is 1.47. The van der Waals surface area contributed by atoms with E-state index >= 15 is 0 Å². The van der Waals surface area contributed by atoms with Gasteiger partial charge in [0, 0.05) is 45.8 Å². The van der Waals surface area contributed by atoms with E-state index in [1.165, 1.54) is 5.56 Å². The molecule has 0 bridgehead atoms. The number of hydrogen-bond donors (Lipinski definition) is 1. The summed E-state index contributed by atoms with van der Waals surface area (Å²) < 4.78 is 1.63. The first-order valence-corrected chi connectivity index (χ1v) is 11.4. The lowest BCUT2D eigenvalue weighted by atomic mass is 9.91. The van der Waals surface area contributed by atoms with E-state index in [4.69, 9.17) is 0 Å². The highest BCUT2D eigenvalue weighted by Crippen LogP contribution is 2.25. The zero-order valence-corrected chi connectivity index (χ0v) is 18.5. The van der Waals surface area contributed by atoms with Crippen molar-refractivity contribution in [3.63, 3.8) is 0 Å². The maximum atomic E-state index is 12.8. The van der Waals surface area contributed by atoms with E-state index in [0.29, 0.717) is 25.1 Å². The van der Waals surface area contributed by atoms with Crippen molar-refractivity contribution in [2.24, 2.45) is 0 Å². The fourth-order valence-corrected chi connectivity index (χ4v) is 4.56. The zero-order chi connectivity index (χ0) is 21.7. The quantitative estimate of drug-likeness (QED) is 0.723. The Kier molecular flexibility index (Phi) is 6.99. The highest BCUT2D eigenvalue weighted by atomic mass is 16.3. The number of aromatic nitrogens is 3. The first-order chi connectivity index (χ1) is 15.0. The summed E-state index contributed by atoms with van der Waals surface area (Å²) in [6, 6.07) is 10.4. The number of carbonyl (C=O) groups excluding carboxylic acids is 1. The Hall–Kier alpha value is -2.29. The van der Waals surface area contributed by atoms with Crippen molar-refractivity contribution in [3.05, 3.63) is 47.8 Å². The summed E-state index contributed by atoms with van der Waals surface area (Å²) in [6.07, 6.45) is 4.19. The molecule has 0 atom stereocenters. The first-order valence-electron chi connectivity index (χ1n) is 11.4. The van der Waals surface area contributed by atoms with E-state index < -0.39 is 5.60 Å².